The molecule has 124 valence electrons. The quantitative estimate of drug-likeness (QED) is 0.841. The molecule has 0 amide bonds. The molecule has 2 aromatic rings. The molecule has 1 aromatic carbocycles. The molecule has 3 rings (SSSR count). The van der Waals surface area contributed by atoms with Crippen LogP contribution >= 0.6 is 0 Å². The summed E-state index contributed by atoms with van der Waals surface area (Å²) in [5, 5.41) is 7.95. The van der Waals surface area contributed by atoms with E-state index in [4.69, 9.17) is 4.42 Å². The van der Waals surface area contributed by atoms with Crippen molar-refractivity contribution in [1.82, 2.24) is 14.5 Å². The first kappa shape index (κ1) is 15.9. The van der Waals surface area contributed by atoms with Crippen LogP contribution in [0.1, 0.15) is 18.4 Å². The molecular weight excluding hydrogens is 316 g/mol. The summed E-state index contributed by atoms with van der Waals surface area (Å²) in [6.07, 6.45) is 0.689. The lowest BCUT2D eigenvalue weighted by molar-refractivity contribution is 0.369. The molecule has 1 fully saturated rings. The Morgan fingerprint density at radius 3 is 2.52 bits per heavy atom. The summed E-state index contributed by atoms with van der Waals surface area (Å²) < 4.78 is 32.4. The first-order chi connectivity index (χ1) is 11.0. The van der Waals surface area contributed by atoms with Gasteiger partial charge in [-0.05, 0) is 24.6 Å². The summed E-state index contributed by atoms with van der Waals surface area (Å²) in [5.74, 6) is 0.592. The van der Waals surface area contributed by atoms with Crippen LogP contribution in [0.25, 0.3) is 0 Å². The van der Waals surface area contributed by atoms with Crippen LogP contribution in [-0.4, -0.2) is 49.1 Å². The van der Waals surface area contributed by atoms with Crippen molar-refractivity contribution in [2.75, 3.05) is 31.1 Å². The number of anilines is 1. The van der Waals surface area contributed by atoms with E-state index in [1.165, 1.54) is 4.31 Å². The molecule has 8 heteroatoms. The van der Waals surface area contributed by atoms with Crippen LogP contribution in [0.2, 0.25) is 0 Å². The zero-order valence-corrected chi connectivity index (χ0v) is 14.1. The Bertz CT molecular complexity index is 780. The molecule has 0 aliphatic carbocycles. The van der Waals surface area contributed by atoms with Crippen molar-refractivity contribution < 1.29 is 12.8 Å². The molecule has 2 heterocycles. The zero-order valence-electron chi connectivity index (χ0n) is 13.3. The molecule has 1 aliphatic rings. The molecule has 1 aliphatic heterocycles. The van der Waals surface area contributed by atoms with E-state index in [2.05, 4.69) is 10.2 Å². The molecule has 0 saturated carbocycles. The molecule has 0 unspecified atom stereocenters. The average Bonchev–Trinajstić information content (AvgIpc) is 3.04. The molecule has 7 nitrogen and oxygen atoms in total. The largest absolute Gasteiger partial charge is 0.408 e. The number of aryl methyl sites for hydroxylation is 2. The van der Waals surface area contributed by atoms with Crippen LogP contribution in [0.15, 0.2) is 33.6 Å². The summed E-state index contributed by atoms with van der Waals surface area (Å²) in [4.78, 5) is 2.27. The van der Waals surface area contributed by atoms with Gasteiger partial charge in [0, 0.05) is 32.6 Å². The normalized spacial score (nSPS) is 16.7. The van der Waals surface area contributed by atoms with Crippen molar-refractivity contribution >= 4 is 16.0 Å². The van der Waals surface area contributed by atoms with Crippen LogP contribution in [0.5, 0.6) is 0 Å². The van der Waals surface area contributed by atoms with E-state index < -0.39 is 10.0 Å². The SMILES string of the molecule is CCc1nnc(N2CCN(S(=O)(=O)c3cccc(C)c3)CC2)o1. The lowest BCUT2D eigenvalue weighted by Gasteiger charge is -2.32. The maximum Gasteiger partial charge on any atom is 0.318 e. The Morgan fingerprint density at radius 1 is 1.17 bits per heavy atom. The maximum absolute atomic E-state index is 12.7. The number of benzene rings is 1. The number of hydrogen-bond donors (Lipinski definition) is 0. The van der Waals surface area contributed by atoms with Crippen molar-refractivity contribution in [2.45, 2.75) is 25.2 Å². The number of nitrogens with zero attached hydrogens (tertiary/aromatic N) is 4. The van der Waals surface area contributed by atoms with Crippen LogP contribution < -0.4 is 4.90 Å². The fraction of sp³-hybridized carbons (Fsp3) is 0.467. The van der Waals surface area contributed by atoms with Gasteiger partial charge < -0.3 is 9.32 Å². The van der Waals surface area contributed by atoms with Gasteiger partial charge in [-0.3, -0.25) is 0 Å². The molecule has 0 N–H and O–H groups in total. The van der Waals surface area contributed by atoms with E-state index >= 15 is 0 Å². The van der Waals surface area contributed by atoms with E-state index in [9.17, 15) is 8.42 Å². The third-order valence-electron chi connectivity index (χ3n) is 3.90. The molecule has 0 atom stereocenters. The van der Waals surface area contributed by atoms with Crippen molar-refractivity contribution in [3.05, 3.63) is 35.7 Å². The molecule has 1 saturated heterocycles. The highest BCUT2D eigenvalue weighted by atomic mass is 32.2. The minimum atomic E-state index is -3.45. The van der Waals surface area contributed by atoms with Gasteiger partial charge in [0.2, 0.25) is 15.9 Å². The Balaban J connectivity index is 1.71. The van der Waals surface area contributed by atoms with Crippen LogP contribution in [0.3, 0.4) is 0 Å². The van der Waals surface area contributed by atoms with Crippen molar-refractivity contribution in [3.8, 4) is 0 Å². The van der Waals surface area contributed by atoms with E-state index in [1.807, 2.05) is 24.8 Å². The smallest absolute Gasteiger partial charge is 0.318 e. The molecular formula is C15H20N4O3S. The van der Waals surface area contributed by atoms with E-state index in [0.29, 0.717) is 49.4 Å². The van der Waals surface area contributed by atoms with Gasteiger partial charge in [0.1, 0.15) is 0 Å². The van der Waals surface area contributed by atoms with Gasteiger partial charge in [-0.25, -0.2) is 8.42 Å². The minimum Gasteiger partial charge on any atom is -0.408 e. The van der Waals surface area contributed by atoms with Gasteiger partial charge in [-0.15, -0.1) is 5.10 Å². The fourth-order valence-electron chi connectivity index (χ4n) is 2.56. The van der Waals surface area contributed by atoms with Gasteiger partial charge in [-0.1, -0.05) is 24.2 Å². The Morgan fingerprint density at radius 2 is 1.91 bits per heavy atom. The second-order valence-electron chi connectivity index (χ2n) is 5.54. The monoisotopic (exact) mass is 336 g/mol. The van der Waals surface area contributed by atoms with Gasteiger partial charge in [0.15, 0.2) is 0 Å². The van der Waals surface area contributed by atoms with Gasteiger partial charge >= 0.3 is 6.01 Å². The lowest BCUT2D eigenvalue weighted by Crippen LogP contribution is -2.48. The van der Waals surface area contributed by atoms with Crippen molar-refractivity contribution in [3.63, 3.8) is 0 Å². The van der Waals surface area contributed by atoms with Crippen LogP contribution in [0, 0.1) is 6.92 Å². The van der Waals surface area contributed by atoms with Gasteiger partial charge in [0.25, 0.3) is 0 Å². The zero-order chi connectivity index (χ0) is 16.4. The minimum absolute atomic E-state index is 0.344. The number of piperazine rings is 1. The predicted octanol–water partition coefficient (Wildman–Crippen LogP) is 1.45. The van der Waals surface area contributed by atoms with E-state index in [0.717, 1.165) is 5.56 Å². The first-order valence-corrected chi connectivity index (χ1v) is 9.09. The Labute approximate surface area is 136 Å². The second-order valence-corrected chi connectivity index (χ2v) is 7.48. The third-order valence-corrected chi connectivity index (χ3v) is 5.79. The first-order valence-electron chi connectivity index (χ1n) is 7.65. The van der Waals surface area contributed by atoms with Crippen molar-refractivity contribution in [2.24, 2.45) is 0 Å². The van der Waals surface area contributed by atoms with Gasteiger partial charge in [-0.2, -0.15) is 4.31 Å². The van der Waals surface area contributed by atoms with Gasteiger partial charge in [0.05, 0.1) is 4.90 Å². The number of aromatic nitrogens is 2. The third kappa shape index (κ3) is 3.23. The molecule has 0 spiro atoms. The average molecular weight is 336 g/mol. The standard InChI is InChI=1S/C15H20N4O3S/c1-3-14-16-17-15(22-14)18-7-9-19(10-8-18)23(20,21)13-6-4-5-12(2)11-13/h4-6,11H,3,7-10H2,1-2H3. The number of rotatable bonds is 4. The summed E-state index contributed by atoms with van der Waals surface area (Å²) in [7, 11) is -3.45. The summed E-state index contributed by atoms with van der Waals surface area (Å²) >= 11 is 0. The molecule has 23 heavy (non-hydrogen) atoms. The molecule has 1 aromatic heterocycles. The maximum atomic E-state index is 12.7. The Hall–Kier alpha value is -1.93. The Kier molecular flexibility index (Phi) is 4.36. The second kappa shape index (κ2) is 6.29. The molecule has 0 radical (unpaired) electrons. The highest BCUT2D eigenvalue weighted by molar-refractivity contribution is 7.89. The summed E-state index contributed by atoms with van der Waals surface area (Å²) in [5.41, 5.74) is 0.933. The topological polar surface area (TPSA) is 79.5 Å². The number of sulfonamides is 1. The highest BCUT2D eigenvalue weighted by Crippen LogP contribution is 2.21. The van der Waals surface area contributed by atoms with E-state index in [1.54, 1.807) is 18.2 Å². The van der Waals surface area contributed by atoms with Crippen LogP contribution in [-0.2, 0) is 16.4 Å². The summed E-state index contributed by atoms with van der Waals surface area (Å²) in [6, 6.07) is 7.46. The molecule has 0 bridgehead atoms. The van der Waals surface area contributed by atoms with Crippen molar-refractivity contribution in [1.29, 1.82) is 0 Å². The number of hydrogen-bond acceptors (Lipinski definition) is 6. The highest BCUT2D eigenvalue weighted by Gasteiger charge is 2.30. The predicted molar refractivity (Wildman–Crippen MR) is 85.8 cm³/mol. The fourth-order valence-corrected chi connectivity index (χ4v) is 4.09. The lowest BCUT2D eigenvalue weighted by atomic mass is 10.2. The van der Waals surface area contributed by atoms with E-state index in [-0.39, 0.29) is 0 Å². The summed E-state index contributed by atoms with van der Waals surface area (Å²) in [6.45, 7) is 5.72. The van der Waals surface area contributed by atoms with Crippen LogP contribution in [0.4, 0.5) is 6.01 Å².